The van der Waals surface area contributed by atoms with E-state index >= 15 is 0 Å². The van der Waals surface area contributed by atoms with Crippen molar-refractivity contribution in [1.29, 1.82) is 0 Å². The van der Waals surface area contributed by atoms with Gasteiger partial charge >= 0.3 is 11.9 Å². The Labute approximate surface area is 98.3 Å². The molecule has 6 heteroatoms. The van der Waals surface area contributed by atoms with E-state index in [1.165, 1.54) is 12.3 Å². The summed E-state index contributed by atoms with van der Waals surface area (Å²) in [4.78, 5) is 26.2. The molecule has 0 saturated carbocycles. The van der Waals surface area contributed by atoms with Crippen LogP contribution in [0, 0.1) is 0 Å². The van der Waals surface area contributed by atoms with Crippen LogP contribution < -0.4 is 5.32 Å². The van der Waals surface area contributed by atoms with Gasteiger partial charge in [-0.1, -0.05) is 19.4 Å². The van der Waals surface area contributed by atoms with Gasteiger partial charge in [0.05, 0.1) is 0 Å². The number of aliphatic carboxylic acids is 2. The van der Waals surface area contributed by atoms with Gasteiger partial charge in [-0.3, -0.25) is 0 Å². The Bertz CT molecular complexity index is 391. The number of nitrogens with one attached hydrogen (secondary N) is 1. The zero-order valence-electron chi connectivity index (χ0n) is 9.38. The van der Waals surface area contributed by atoms with Crippen LogP contribution in [0.3, 0.4) is 0 Å². The highest BCUT2D eigenvalue weighted by Gasteiger charge is 2.46. The van der Waals surface area contributed by atoms with Gasteiger partial charge in [-0.25, -0.2) is 14.6 Å². The Morgan fingerprint density at radius 3 is 2.41 bits per heavy atom. The molecule has 0 aliphatic rings. The standard InChI is InChI=1S/C11H14N2O4/c1-2-6-11(9(14)15,10(16)17)13-8-5-3-4-7-12-8/h3-5,7H,2,6H2,1H3,(H,12,13)(H,14,15)(H,16,17). The van der Waals surface area contributed by atoms with Crippen molar-refractivity contribution < 1.29 is 19.8 Å². The number of hydrogen-bond donors (Lipinski definition) is 3. The third-order valence-corrected chi connectivity index (χ3v) is 2.36. The van der Waals surface area contributed by atoms with E-state index in [9.17, 15) is 9.59 Å². The molecule has 0 amide bonds. The predicted molar refractivity (Wildman–Crippen MR) is 60.8 cm³/mol. The number of carbonyl (C=O) groups is 2. The Kier molecular flexibility index (Phi) is 4.03. The topological polar surface area (TPSA) is 99.5 Å². The number of rotatable bonds is 6. The molecule has 0 atom stereocenters. The van der Waals surface area contributed by atoms with Gasteiger partial charge in [0.1, 0.15) is 5.82 Å². The van der Waals surface area contributed by atoms with E-state index in [0.717, 1.165) is 0 Å². The van der Waals surface area contributed by atoms with Crippen molar-refractivity contribution in [3.8, 4) is 0 Å². The molecule has 92 valence electrons. The molecule has 0 aromatic carbocycles. The molecular formula is C11H14N2O4. The third kappa shape index (κ3) is 2.72. The second-order valence-electron chi connectivity index (χ2n) is 3.61. The highest BCUT2D eigenvalue weighted by atomic mass is 16.4. The van der Waals surface area contributed by atoms with Crippen molar-refractivity contribution >= 4 is 17.8 Å². The molecule has 0 bridgehead atoms. The van der Waals surface area contributed by atoms with Crippen molar-refractivity contribution in [1.82, 2.24) is 4.98 Å². The molecule has 1 aromatic rings. The molecule has 0 aliphatic carbocycles. The lowest BCUT2D eigenvalue weighted by molar-refractivity contribution is -0.155. The number of anilines is 1. The highest BCUT2D eigenvalue weighted by Crippen LogP contribution is 2.20. The molecule has 17 heavy (non-hydrogen) atoms. The zero-order valence-corrected chi connectivity index (χ0v) is 9.38. The van der Waals surface area contributed by atoms with E-state index in [2.05, 4.69) is 10.3 Å². The Morgan fingerprint density at radius 1 is 1.35 bits per heavy atom. The summed E-state index contributed by atoms with van der Waals surface area (Å²) in [6.45, 7) is 1.72. The summed E-state index contributed by atoms with van der Waals surface area (Å²) in [6.07, 6.45) is 1.87. The monoisotopic (exact) mass is 238 g/mol. The third-order valence-electron chi connectivity index (χ3n) is 2.36. The van der Waals surface area contributed by atoms with E-state index in [0.29, 0.717) is 6.42 Å². The van der Waals surface area contributed by atoms with E-state index < -0.39 is 17.5 Å². The van der Waals surface area contributed by atoms with Crippen LogP contribution in [0.2, 0.25) is 0 Å². The van der Waals surface area contributed by atoms with E-state index in [1.807, 2.05) is 0 Å². The maximum atomic E-state index is 11.2. The summed E-state index contributed by atoms with van der Waals surface area (Å²) < 4.78 is 0. The normalized spacial score (nSPS) is 10.9. The SMILES string of the molecule is CCCC(Nc1ccccn1)(C(=O)O)C(=O)O. The summed E-state index contributed by atoms with van der Waals surface area (Å²) >= 11 is 0. The first kappa shape index (κ1) is 13.0. The Hall–Kier alpha value is -2.11. The second-order valence-corrected chi connectivity index (χ2v) is 3.61. The van der Waals surface area contributed by atoms with Crippen LogP contribution >= 0.6 is 0 Å². The molecular weight excluding hydrogens is 224 g/mol. The molecule has 6 nitrogen and oxygen atoms in total. The van der Waals surface area contributed by atoms with Gasteiger partial charge in [-0.15, -0.1) is 0 Å². The lowest BCUT2D eigenvalue weighted by atomic mass is 9.94. The molecule has 1 rings (SSSR count). The largest absolute Gasteiger partial charge is 0.479 e. The summed E-state index contributed by atoms with van der Waals surface area (Å²) in [5.74, 6) is -2.61. The van der Waals surface area contributed by atoms with Crippen LogP contribution in [0.15, 0.2) is 24.4 Å². The molecule has 0 fully saturated rings. The number of hydrogen-bond acceptors (Lipinski definition) is 4. The first-order valence-corrected chi connectivity index (χ1v) is 5.19. The van der Waals surface area contributed by atoms with E-state index in [1.54, 1.807) is 19.1 Å². The van der Waals surface area contributed by atoms with Gasteiger partial charge in [0.2, 0.25) is 5.54 Å². The van der Waals surface area contributed by atoms with Crippen LogP contribution in [0.1, 0.15) is 19.8 Å². The minimum Gasteiger partial charge on any atom is -0.479 e. The van der Waals surface area contributed by atoms with Crippen molar-refractivity contribution in [3.05, 3.63) is 24.4 Å². The fourth-order valence-corrected chi connectivity index (χ4v) is 1.51. The molecule has 3 N–H and O–H groups in total. The van der Waals surface area contributed by atoms with Crippen LogP contribution in [-0.4, -0.2) is 32.7 Å². The van der Waals surface area contributed by atoms with Gasteiger partial charge in [-0.2, -0.15) is 0 Å². The van der Waals surface area contributed by atoms with Gasteiger partial charge in [0.15, 0.2) is 0 Å². The zero-order chi connectivity index (χ0) is 12.9. The molecule has 1 heterocycles. The molecule has 0 saturated heterocycles. The summed E-state index contributed by atoms with van der Waals surface area (Å²) in [5, 5.41) is 20.7. The highest BCUT2D eigenvalue weighted by molar-refractivity contribution is 6.06. The van der Waals surface area contributed by atoms with Crippen LogP contribution in [0.25, 0.3) is 0 Å². The first-order chi connectivity index (χ1) is 8.03. The average Bonchev–Trinajstić information content (AvgIpc) is 2.29. The van der Waals surface area contributed by atoms with Gasteiger partial charge < -0.3 is 15.5 Å². The van der Waals surface area contributed by atoms with Crippen LogP contribution in [-0.2, 0) is 9.59 Å². The predicted octanol–water partition coefficient (Wildman–Crippen LogP) is 1.20. The average molecular weight is 238 g/mol. The van der Waals surface area contributed by atoms with Crippen molar-refractivity contribution in [2.45, 2.75) is 25.3 Å². The summed E-state index contributed by atoms with van der Waals surface area (Å²) in [7, 11) is 0. The second kappa shape index (κ2) is 5.29. The Morgan fingerprint density at radius 2 is 2.00 bits per heavy atom. The first-order valence-electron chi connectivity index (χ1n) is 5.19. The fourth-order valence-electron chi connectivity index (χ4n) is 1.51. The maximum Gasteiger partial charge on any atom is 0.341 e. The maximum absolute atomic E-state index is 11.2. The summed E-state index contributed by atoms with van der Waals surface area (Å²) in [6, 6.07) is 4.83. The number of nitrogens with zero attached hydrogens (tertiary/aromatic N) is 1. The van der Waals surface area contributed by atoms with Crippen molar-refractivity contribution in [2.24, 2.45) is 0 Å². The lowest BCUT2D eigenvalue weighted by Gasteiger charge is -2.26. The van der Waals surface area contributed by atoms with E-state index in [4.69, 9.17) is 10.2 Å². The molecule has 0 aliphatic heterocycles. The van der Waals surface area contributed by atoms with E-state index in [-0.39, 0.29) is 12.2 Å². The number of pyridine rings is 1. The van der Waals surface area contributed by atoms with Gasteiger partial charge in [0.25, 0.3) is 0 Å². The van der Waals surface area contributed by atoms with Gasteiger partial charge in [-0.05, 0) is 18.6 Å². The van der Waals surface area contributed by atoms with Crippen molar-refractivity contribution in [3.63, 3.8) is 0 Å². The summed E-state index contributed by atoms with van der Waals surface area (Å²) in [5.41, 5.74) is -2.02. The molecule has 1 aromatic heterocycles. The fraction of sp³-hybridized carbons (Fsp3) is 0.364. The van der Waals surface area contributed by atoms with Crippen molar-refractivity contribution in [2.75, 3.05) is 5.32 Å². The molecule has 0 unspecified atom stereocenters. The number of carboxylic acids is 2. The molecule has 0 spiro atoms. The quantitative estimate of drug-likeness (QED) is 0.644. The minimum atomic E-state index is -2.02. The Balaban J connectivity index is 3.06. The minimum absolute atomic E-state index is 0.0196. The smallest absolute Gasteiger partial charge is 0.341 e. The lowest BCUT2D eigenvalue weighted by Crippen LogP contribution is -2.53. The van der Waals surface area contributed by atoms with Crippen LogP contribution in [0.5, 0.6) is 0 Å². The van der Waals surface area contributed by atoms with Gasteiger partial charge in [0, 0.05) is 6.20 Å². The molecule has 0 radical (unpaired) electrons. The number of carboxylic acid groups (broad SMARTS) is 2. The number of aromatic nitrogens is 1. The van der Waals surface area contributed by atoms with Crippen LogP contribution in [0.4, 0.5) is 5.82 Å².